The number of benzene rings is 2. The molecule has 0 spiro atoms. The van der Waals surface area contributed by atoms with Gasteiger partial charge in [0.15, 0.2) is 0 Å². The molecule has 1 N–H and O–H groups in total. The minimum atomic E-state index is -0.379. The van der Waals surface area contributed by atoms with Gasteiger partial charge in [-0.15, -0.1) is 0 Å². The molecule has 1 aromatic heterocycles. The molecule has 2 aromatic carbocycles. The van der Waals surface area contributed by atoms with Gasteiger partial charge in [0, 0.05) is 38.1 Å². The highest BCUT2D eigenvalue weighted by Crippen LogP contribution is 2.18. The van der Waals surface area contributed by atoms with E-state index in [0.717, 1.165) is 43.1 Å². The Balaban J connectivity index is 1.44. The number of H-pyrrole nitrogens is 1. The number of amides is 1. The molecule has 154 valence electrons. The van der Waals surface area contributed by atoms with E-state index in [1.807, 2.05) is 42.5 Å². The summed E-state index contributed by atoms with van der Waals surface area (Å²) in [6.45, 7) is 3.70. The van der Waals surface area contributed by atoms with E-state index in [-0.39, 0.29) is 17.0 Å². The molecule has 1 aliphatic heterocycles. The second-order valence-electron chi connectivity index (χ2n) is 7.41. The Labute approximate surface area is 175 Å². The molecule has 0 unspecified atom stereocenters. The van der Waals surface area contributed by atoms with E-state index in [2.05, 4.69) is 22.0 Å². The van der Waals surface area contributed by atoms with Crippen LogP contribution in [-0.4, -0.2) is 49.1 Å². The maximum absolute atomic E-state index is 12.8. The Morgan fingerprint density at radius 2 is 1.70 bits per heavy atom. The number of hydrogen-bond acceptors (Lipinski definition) is 4. The van der Waals surface area contributed by atoms with Crippen molar-refractivity contribution in [3.05, 3.63) is 88.2 Å². The van der Waals surface area contributed by atoms with Gasteiger partial charge in [0.1, 0.15) is 5.56 Å². The molecule has 0 atom stereocenters. The third-order valence-corrected chi connectivity index (χ3v) is 5.30. The van der Waals surface area contributed by atoms with Crippen LogP contribution >= 0.6 is 0 Å². The van der Waals surface area contributed by atoms with Gasteiger partial charge >= 0.3 is 0 Å². The lowest BCUT2D eigenvalue weighted by Gasteiger charge is -2.29. The van der Waals surface area contributed by atoms with Crippen LogP contribution in [0.4, 0.5) is 5.69 Å². The minimum absolute atomic E-state index is 0.141. The fraction of sp³-hybridized carbons (Fsp3) is 0.250. The first-order valence-corrected chi connectivity index (χ1v) is 10.1. The van der Waals surface area contributed by atoms with Gasteiger partial charge in [-0.3, -0.25) is 9.59 Å². The van der Waals surface area contributed by atoms with Crippen LogP contribution in [0.2, 0.25) is 0 Å². The molecule has 6 nitrogen and oxygen atoms in total. The average Bonchev–Trinajstić information content (AvgIpc) is 2.80. The van der Waals surface area contributed by atoms with Gasteiger partial charge in [-0.1, -0.05) is 42.5 Å². The Bertz CT molecular complexity index is 1060. The predicted molar refractivity (Wildman–Crippen MR) is 118 cm³/mol. The first kappa shape index (κ1) is 19.9. The lowest BCUT2D eigenvalue weighted by molar-refractivity contribution is 0.0783. The summed E-state index contributed by atoms with van der Waals surface area (Å²) in [5.41, 5.74) is 3.53. The average molecular weight is 403 g/mol. The van der Waals surface area contributed by atoms with Crippen molar-refractivity contribution in [2.24, 2.45) is 0 Å². The fourth-order valence-corrected chi connectivity index (χ4v) is 3.61. The van der Waals surface area contributed by atoms with Crippen molar-refractivity contribution < 1.29 is 9.53 Å². The molecule has 0 aliphatic carbocycles. The molecule has 0 bridgehead atoms. The molecule has 4 rings (SSSR count). The molecule has 3 aromatic rings. The maximum Gasteiger partial charge on any atom is 0.261 e. The molecule has 1 saturated heterocycles. The minimum Gasteiger partial charge on any atom is -0.378 e. The number of aromatic nitrogens is 1. The summed E-state index contributed by atoms with van der Waals surface area (Å²) >= 11 is 0. The van der Waals surface area contributed by atoms with Crippen LogP contribution in [0.5, 0.6) is 0 Å². The SMILES string of the molecule is CN(Cc1ccc(N2CCOCC2)cc1)C(=O)c1ccc(-c2ccccc2)[nH]c1=O. The molecular weight excluding hydrogens is 378 g/mol. The van der Waals surface area contributed by atoms with E-state index in [4.69, 9.17) is 4.74 Å². The second-order valence-corrected chi connectivity index (χ2v) is 7.41. The summed E-state index contributed by atoms with van der Waals surface area (Å²) in [5, 5.41) is 0. The predicted octanol–water partition coefficient (Wildman–Crippen LogP) is 3.15. The van der Waals surface area contributed by atoms with Gasteiger partial charge in [0.2, 0.25) is 0 Å². The topological polar surface area (TPSA) is 65.6 Å². The van der Waals surface area contributed by atoms with E-state index in [1.165, 1.54) is 0 Å². The largest absolute Gasteiger partial charge is 0.378 e. The van der Waals surface area contributed by atoms with Gasteiger partial charge in [0.25, 0.3) is 11.5 Å². The lowest BCUT2D eigenvalue weighted by atomic mass is 10.1. The highest BCUT2D eigenvalue weighted by molar-refractivity contribution is 5.93. The number of aromatic amines is 1. The van der Waals surface area contributed by atoms with Crippen LogP contribution in [0.15, 0.2) is 71.5 Å². The van der Waals surface area contributed by atoms with Crippen LogP contribution in [-0.2, 0) is 11.3 Å². The smallest absolute Gasteiger partial charge is 0.261 e. The number of rotatable bonds is 5. The second kappa shape index (κ2) is 8.97. The van der Waals surface area contributed by atoms with E-state index in [1.54, 1.807) is 24.1 Å². The van der Waals surface area contributed by atoms with Gasteiger partial charge < -0.3 is 19.5 Å². The van der Waals surface area contributed by atoms with Gasteiger partial charge in [-0.05, 0) is 35.4 Å². The summed E-state index contributed by atoms with van der Waals surface area (Å²) in [6, 6.07) is 21.1. The monoisotopic (exact) mass is 403 g/mol. The first-order chi connectivity index (χ1) is 14.6. The number of hydrogen-bond donors (Lipinski definition) is 1. The van der Waals surface area contributed by atoms with Crippen LogP contribution < -0.4 is 10.5 Å². The van der Waals surface area contributed by atoms with E-state index in [0.29, 0.717) is 12.2 Å². The normalized spacial score (nSPS) is 13.8. The Hall–Kier alpha value is -3.38. The van der Waals surface area contributed by atoms with Crippen molar-refractivity contribution >= 4 is 11.6 Å². The van der Waals surface area contributed by atoms with Crippen molar-refractivity contribution in [2.75, 3.05) is 38.3 Å². The zero-order valence-electron chi connectivity index (χ0n) is 17.0. The molecule has 6 heteroatoms. The van der Waals surface area contributed by atoms with Crippen molar-refractivity contribution in [2.45, 2.75) is 6.54 Å². The molecule has 1 fully saturated rings. The number of carbonyl (C=O) groups excluding carboxylic acids is 1. The van der Waals surface area contributed by atoms with Crippen molar-refractivity contribution in [1.82, 2.24) is 9.88 Å². The zero-order chi connectivity index (χ0) is 20.9. The number of nitrogens with zero attached hydrogens (tertiary/aromatic N) is 2. The highest BCUT2D eigenvalue weighted by Gasteiger charge is 2.17. The summed E-state index contributed by atoms with van der Waals surface area (Å²) in [6.07, 6.45) is 0. The highest BCUT2D eigenvalue weighted by atomic mass is 16.5. The van der Waals surface area contributed by atoms with Crippen LogP contribution in [0.25, 0.3) is 11.3 Å². The van der Waals surface area contributed by atoms with Crippen molar-refractivity contribution in [3.8, 4) is 11.3 Å². The van der Waals surface area contributed by atoms with E-state index >= 15 is 0 Å². The van der Waals surface area contributed by atoms with Crippen LogP contribution in [0.1, 0.15) is 15.9 Å². The van der Waals surface area contributed by atoms with Crippen LogP contribution in [0, 0.1) is 0 Å². The number of anilines is 1. The Kier molecular flexibility index (Phi) is 5.95. The summed E-state index contributed by atoms with van der Waals surface area (Å²) in [7, 11) is 1.71. The first-order valence-electron chi connectivity index (χ1n) is 10.1. The molecule has 2 heterocycles. The van der Waals surface area contributed by atoms with Crippen LogP contribution in [0.3, 0.4) is 0 Å². The molecule has 0 radical (unpaired) electrons. The standard InChI is InChI=1S/C24H25N3O3/c1-26(17-18-7-9-20(10-8-18)27-13-15-30-16-14-27)24(29)21-11-12-22(25-23(21)28)19-5-3-2-4-6-19/h2-12H,13-17H2,1H3,(H,25,28). The maximum atomic E-state index is 12.8. The lowest BCUT2D eigenvalue weighted by Crippen LogP contribution is -2.36. The van der Waals surface area contributed by atoms with Gasteiger partial charge in [-0.2, -0.15) is 0 Å². The fourth-order valence-electron chi connectivity index (χ4n) is 3.61. The Morgan fingerprint density at radius 3 is 2.37 bits per heavy atom. The summed E-state index contributed by atoms with van der Waals surface area (Å²) < 4.78 is 5.39. The number of carbonyl (C=O) groups is 1. The Morgan fingerprint density at radius 1 is 1.00 bits per heavy atom. The van der Waals surface area contributed by atoms with Crippen molar-refractivity contribution in [1.29, 1.82) is 0 Å². The molecular formula is C24H25N3O3. The third kappa shape index (κ3) is 4.44. The number of ether oxygens (including phenoxy) is 1. The molecule has 1 amide bonds. The zero-order valence-corrected chi connectivity index (χ0v) is 17.0. The molecule has 0 saturated carbocycles. The number of nitrogens with one attached hydrogen (secondary N) is 1. The third-order valence-electron chi connectivity index (χ3n) is 5.30. The number of pyridine rings is 1. The molecule has 30 heavy (non-hydrogen) atoms. The van der Waals surface area contributed by atoms with E-state index < -0.39 is 0 Å². The summed E-state index contributed by atoms with van der Waals surface area (Å²) in [4.78, 5) is 32.0. The van der Waals surface area contributed by atoms with Gasteiger partial charge in [-0.25, -0.2) is 0 Å². The summed E-state index contributed by atoms with van der Waals surface area (Å²) in [5.74, 6) is -0.298. The number of morpholine rings is 1. The van der Waals surface area contributed by atoms with E-state index in [9.17, 15) is 9.59 Å². The molecule has 1 aliphatic rings. The van der Waals surface area contributed by atoms with Crippen molar-refractivity contribution in [3.63, 3.8) is 0 Å². The van der Waals surface area contributed by atoms with Gasteiger partial charge in [0.05, 0.1) is 13.2 Å². The quantitative estimate of drug-likeness (QED) is 0.711.